The van der Waals surface area contributed by atoms with Crippen molar-refractivity contribution in [3.8, 4) is 22.8 Å². The first-order valence-electron chi connectivity index (χ1n) is 9.86. The largest absolute Gasteiger partial charge is 0.491 e. The smallest absolute Gasteiger partial charge is 0.490 e. The fourth-order valence-electron chi connectivity index (χ4n) is 2.96. The van der Waals surface area contributed by atoms with Crippen LogP contribution in [0.2, 0.25) is 0 Å². The summed E-state index contributed by atoms with van der Waals surface area (Å²) in [5.74, 6) is -1.23. The predicted molar refractivity (Wildman–Crippen MR) is 119 cm³/mol. The van der Waals surface area contributed by atoms with Crippen LogP contribution in [0, 0.1) is 0 Å². The van der Waals surface area contributed by atoms with Gasteiger partial charge in [0.1, 0.15) is 12.1 Å². The Kier molecular flexibility index (Phi) is 7.71. The zero-order chi connectivity index (χ0) is 25.6. The number of carboxylic acids is 1. The third-order valence-electron chi connectivity index (χ3n) is 4.56. The third kappa shape index (κ3) is 6.14. The molecule has 4 aromatic rings. The highest BCUT2D eigenvalue weighted by Gasteiger charge is 2.38. The van der Waals surface area contributed by atoms with Gasteiger partial charge in [-0.15, -0.1) is 0 Å². The average molecular weight is 491 g/mol. The summed E-state index contributed by atoms with van der Waals surface area (Å²) in [6, 6.07) is 13.3. The molecule has 0 unspecified atom stereocenters. The first-order chi connectivity index (χ1) is 16.7. The van der Waals surface area contributed by atoms with Crippen molar-refractivity contribution >= 4 is 23.1 Å². The van der Waals surface area contributed by atoms with E-state index in [-0.39, 0.29) is 6.61 Å². The number of pyridine rings is 2. The minimum absolute atomic E-state index is 0.0138. The second-order valence-electron chi connectivity index (χ2n) is 6.87. The number of fused-ring (bicyclic) bond motifs is 1. The Morgan fingerprint density at radius 3 is 2.49 bits per heavy atom. The lowest BCUT2D eigenvalue weighted by atomic mass is 10.0. The number of hydrogen-bond acceptors (Lipinski definition) is 8. The molecule has 0 aliphatic heterocycles. The van der Waals surface area contributed by atoms with Crippen molar-refractivity contribution in [2.75, 3.05) is 19.5 Å². The van der Waals surface area contributed by atoms with Crippen LogP contribution in [0.1, 0.15) is 5.56 Å². The van der Waals surface area contributed by atoms with Crippen molar-refractivity contribution in [2.45, 2.75) is 12.8 Å². The second kappa shape index (κ2) is 10.7. The molecule has 35 heavy (non-hydrogen) atoms. The summed E-state index contributed by atoms with van der Waals surface area (Å²) >= 11 is 0. The molecule has 0 saturated carbocycles. The highest BCUT2D eigenvalue weighted by Crippen LogP contribution is 2.30. The van der Waals surface area contributed by atoms with E-state index in [2.05, 4.69) is 20.4 Å². The maximum absolute atomic E-state index is 10.6. The van der Waals surface area contributed by atoms with Gasteiger partial charge in [-0.05, 0) is 35.4 Å². The molecule has 13 heteroatoms. The van der Waals surface area contributed by atoms with Crippen LogP contribution >= 0.6 is 0 Å². The number of anilines is 2. The molecule has 0 atom stereocenters. The lowest BCUT2D eigenvalue weighted by Crippen LogP contribution is -2.21. The minimum Gasteiger partial charge on any atom is -0.491 e. The van der Waals surface area contributed by atoms with Crippen molar-refractivity contribution in [2.24, 2.45) is 0 Å². The van der Waals surface area contributed by atoms with E-state index in [0.717, 1.165) is 22.4 Å². The summed E-state index contributed by atoms with van der Waals surface area (Å²) in [7, 11) is 3.11. The molecule has 3 aromatic heterocycles. The Labute approximate surface area is 196 Å². The number of hydrogen-bond donors (Lipinski definition) is 3. The number of rotatable bonds is 6. The van der Waals surface area contributed by atoms with Crippen molar-refractivity contribution in [3.05, 3.63) is 60.6 Å². The van der Waals surface area contributed by atoms with E-state index in [1.54, 1.807) is 30.9 Å². The zero-order valence-electron chi connectivity index (χ0n) is 18.4. The van der Waals surface area contributed by atoms with Crippen LogP contribution in [0.3, 0.4) is 0 Å². The van der Waals surface area contributed by atoms with E-state index < -0.39 is 12.1 Å². The van der Waals surface area contributed by atoms with E-state index >= 15 is 0 Å². The second-order valence-corrected chi connectivity index (χ2v) is 6.87. The molecule has 0 bridgehead atoms. The Morgan fingerprint density at radius 1 is 1.11 bits per heavy atom. The van der Waals surface area contributed by atoms with Gasteiger partial charge < -0.3 is 25.0 Å². The number of alkyl halides is 3. The molecule has 0 aliphatic carbocycles. The Hall–Kier alpha value is -4.39. The number of benzene rings is 1. The predicted octanol–water partition coefficient (Wildman–Crippen LogP) is 3.68. The SMILES string of the molecule is COc1ccc(Nc2cc(-c3cccc(CO)c3)cn3ncnc23)nc1OC.O=C(O)C(F)(F)F. The standard InChI is InChI=1S/C20H19N5O3.C2HF3O2/c1-27-17-6-7-18(24-20(17)28-2)23-16-9-15(10-25-19(16)21-12-22-25)14-5-3-4-13(8-14)11-26;3-2(4,5)1(6)7/h3-10,12,26H,11H2,1-2H3,(H,23,24);(H,6,7). The Bertz CT molecular complexity index is 1330. The van der Waals surface area contributed by atoms with E-state index in [1.807, 2.05) is 36.5 Å². The lowest BCUT2D eigenvalue weighted by molar-refractivity contribution is -0.192. The number of carbonyl (C=O) groups is 1. The maximum atomic E-state index is 10.6. The fraction of sp³-hybridized carbons (Fsp3) is 0.182. The molecule has 4 rings (SSSR count). The molecule has 0 aliphatic rings. The van der Waals surface area contributed by atoms with Gasteiger partial charge >= 0.3 is 12.1 Å². The van der Waals surface area contributed by atoms with Gasteiger partial charge in [-0.2, -0.15) is 23.3 Å². The lowest BCUT2D eigenvalue weighted by Gasteiger charge is -2.12. The molecule has 0 amide bonds. The number of halogens is 3. The first-order valence-corrected chi connectivity index (χ1v) is 9.86. The van der Waals surface area contributed by atoms with Gasteiger partial charge in [0.25, 0.3) is 5.88 Å². The number of nitrogens with zero attached hydrogens (tertiary/aromatic N) is 4. The minimum atomic E-state index is -5.08. The zero-order valence-corrected chi connectivity index (χ0v) is 18.4. The van der Waals surface area contributed by atoms with E-state index in [9.17, 15) is 18.3 Å². The summed E-state index contributed by atoms with van der Waals surface area (Å²) in [6.45, 7) is -0.0138. The van der Waals surface area contributed by atoms with Crippen LogP contribution in [-0.4, -0.2) is 56.2 Å². The molecule has 0 fully saturated rings. The molecule has 10 nitrogen and oxygen atoms in total. The Balaban J connectivity index is 0.000000429. The number of methoxy groups -OCH3 is 2. The molecule has 184 valence electrons. The quantitative estimate of drug-likeness (QED) is 0.370. The molecule has 3 heterocycles. The molecule has 3 N–H and O–H groups in total. The topological polar surface area (TPSA) is 131 Å². The van der Waals surface area contributed by atoms with Crippen molar-refractivity contribution in [3.63, 3.8) is 0 Å². The van der Waals surface area contributed by atoms with Gasteiger partial charge in [0.05, 0.1) is 26.5 Å². The van der Waals surface area contributed by atoms with Crippen LogP contribution in [0.4, 0.5) is 24.7 Å². The molecule has 0 saturated heterocycles. The fourth-order valence-corrected chi connectivity index (χ4v) is 2.96. The third-order valence-corrected chi connectivity index (χ3v) is 4.56. The van der Waals surface area contributed by atoms with Gasteiger partial charge in [0.2, 0.25) is 0 Å². The normalized spacial score (nSPS) is 10.9. The average Bonchev–Trinajstić information content (AvgIpc) is 3.33. The van der Waals surface area contributed by atoms with Gasteiger partial charge in [-0.1, -0.05) is 18.2 Å². The van der Waals surface area contributed by atoms with Crippen LogP contribution in [0.25, 0.3) is 16.8 Å². The van der Waals surface area contributed by atoms with Gasteiger partial charge in [0.15, 0.2) is 11.4 Å². The van der Waals surface area contributed by atoms with E-state index in [0.29, 0.717) is 23.1 Å². The van der Waals surface area contributed by atoms with Gasteiger partial charge in [-0.3, -0.25) is 0 Å². The highest BCUT2D eigenvalue weighted by molar-refractivity contribution is 5.79. The summed E-state index contributed by atoms with van der Waals surface area (Å²) < 4.78 is 43.9. The van der Waals surface area contributed by atoms with Crippen LogP contribution in [0.5, 0.6) is 11.6 Å². The van der Waals surface area contributed by atoms with E-state index in [1.165, 1.54) is 6.33 Å². The summed E-state index contributed by atoms with van der Waals surface area (Å²) in [6.07, 6.45) is -1.69. The monoisotopic (exact) mass is 491 g/mol. The maximum Gasteiger partial charge on any atom is 0.490 e. The first kappa shape index (κ1) is 25.2. The molecular formula is C22H20F3N5O5. The molecule has 0 radical (unpaired) electrons. The van der Waals surface area contributed by atoms with Crippen LogP contribution in [-0.2, 0) is 11.4 Å². The van der Waals surface area contributed by atoms with Crippen molar-refractivity contribution in [1.29, 1.82) is 0 Å². The molecule has 1 aromatic carbocycles. The number of nitrogens with one attached hydrogen (secondary N) is 1. The van der Waals surface area contributed by atoms with Crippen LogP contribution in [0.15, 0.2) is 55.0 Å². The number of carboxylic acid groups (broad SMARTS) is 1. The van der Waals surface area contributed by atoms with Crippen molar-refractivity contribution < 1.29 is 37.7 Å². The van der Waals surface area contributed by atoms with Crippen LogP contribution < -0.4 is 14.8 Å². The number of aliphatic hydroxyl groups excluding tert-OH is 1. The number of aliphatic carboxylic acids is 1. The number of aromatic nitrogens is 4. The Morgan fingerprint density at radius 2 is 1.86 bits per heavy atom. The van der Waals surface area contributed by atoms with E-state index in [4.69, 9.17) is 19.4 Å². The molecular weight excluding hydrogens is 471 g/mol. The number of aliphatic hydroxyl groups is 1. The summed E-state index contributed by atoms with van der Waals surface area (Å²) in [5.41, 5.74) is 4.14. The summed E-state index contributed by atoms with van der Waals surface area (Å²) in [4.78, 5) is 17.7. The number of ether oxygens (including phenoxy) is 2. The molecule has 0 spiro atoms. The highest BCUT2D eigenvalue weighted by atomic mass is 19.4. The van der Waals surface area contributed by atoms with Gasteiger partial charge in [-0.25, -0.2) is 14.3 Å². The summed E-state index contributed by atoms with van der Waals surface area (Å²) in [5, 5.41) is 24.1. The van der Waals surface area contributed by atoms with Gasteiger partial charge in [0, 0.05) is 11.8 Å². The van der Waals surface area contributed by atoms with Crippen molar-refractivity contribution in [1.82, 2.24) is 19.6 Å².